The predicted octanol–water partition coefficient (Wildman–Crippen LogP) is 5.37. The fourth-order valence-corrected chi connectivity index (χ4v) is 4.17. The molecule has 1 aliphatic heterocycles. The number of benzene rings is 2. The topological polar surface area (TPSA) is 23.3 Å². The molecule has 0 aliphatic carbocycles. The summed E-state index contributed by atoms with van der Waals surface area (Å²) in [5.41, 5.74) is 3.68. The number of carbonyl (C=O) groups is 1. The lowest BCUT2D eigenvalue weighted by Crippen LogP contribution is -2.26. The van der Waals surface area contributed by atoms with Gasteiger partial charge in [0.2, 0.25) is 23.4 Å². The number of allylic oxidation sites excluding steroid dienone is 5. The zero-order chi connectivity index (χ0) is 35.0. The van der Waals surface area contributed by atoms with Gasteiger partial charge in [0.15, 0.2) is 0 Å². The molecule has 0 atom stereocenters. The van der Waals surface area contributed by atoms with Crippen LogP contribution in [0.4, 0.5) is 11.4 Å². The number of hydrogen-bond acceptors (Lipinski definition) is 1. The molecule has 0 saturated carbocycles. The highest BCUT2D eigenvalue weighted by molar-refractivity contribution is 6.03. The van der Waals surface area contributed by atoms with Gasteiger partial charge in [-0.25, -0.2) is 0 Å². The van der Waals surface area contributed by atoms with Gasteiger partial charge in [-0.15, -0.1) is 11.0 Å². The Morgan fingerprint density at radius 2 is 1.10 bits per heavy atom. The smallest absolute Gasteiger partial charge is 0.243 e. The monoisotopic (exact) mass is 621 g/mol. The molecule has 0 unspecified atom stereocenters. The van der Waals surface area contributed by atoms with Gasteiger partial charge in [0.25, 0.3) is 0 Å². The van der Waals surface area contributed by atoms with Crippen molar-refractivity contribution in [1.82, 2.24) is 0 Å². The lowest BCUT2D eigenvalue weighted by atomic mass is 9.81. The second-order valence-electron chi connectivity index (χ2n) is 9.80. The highest BCUT2D eigenvalue weighted by atomic mass is 16.2. The minimum absolute atomic E-state index is 0.0718. The van der Waals surface area contributed by atoms with Crippen LogP contribution >= 0.6 is 0 Å². The van der Waals surface area contributed by atoms with E-state index >= 15 is 0 Å². The maximum Gasteiger partial charge on any atom is 0.243 e. The third-order valence-electron chi connectivity index (χ3n) is 6.26. The Bertz CT molecular complexity index is 2450. The molecule has 2 aromatic carbocycles. The Labute approximate surface area is 290 Å². The first-order chi connectivity index (χ1) is 24.0. The summed E-state index contributed by atoms with van der Waals surface area (Å²) in [5, 5.41) is 0. The minimum atomic E-state index is -0.285. The number of nitrogens with zero attached hydrogens (tertiary/aromatic N) is 2. The molecule has 0 radical (unpaired) electrons. The van der Waals surface area contributed by atoms with Crippen LogP contribution in [0, 0.1) is 131 Å². The Morgan fingerprint density at radius 3 is 1.63 bits per heavy atom. The van der Waals surface area contributed by atoms with Crippen LogP contribution in [0.25, 0.3) is 0 Å². The quantitative estimate of drug-likeness (QED) is 0.251. The number of terminal acetylenes is 1. The first-order valence-electron chi connectivity index (χ1n) is 14.6. The lowest BCUT2D eigenvalue weighted by Gasteiger charge is -2.15. The van der Waals surface area contributed by atoms with Crippen LogP contribution in [-0.4, -0.2) is 16.2 Å². The highest BCUT2D eigenvalue weighted by Crippen LogP contribution is 2.39. The van der Waals surface area contributed by atoms with E-state index in [1.54, 1.807) is 11.1 Å². The van der Waals surface area contributed by atoms with Gasteiger partial charge in [-0.1, -0.05) is 54.6 Å². The Balaban J connectivity index is 1.68. The van der Waals surface area contributed by atoms with E-state index in [0.717, 1.165) is 22.6 Å². The van der Waals surface area contributed by atoms with Gasteiger partial charge in [0.1, 0.15) is 0 Å². The number of carbonyl (C=O) groups excluding carboxylic acids is 1. The highest BCUT2D eigenvalue weighted by Gasteiger charge is 2.44. The van der Waals surface area contributed by atoms with Crippen molar-refractivity contribution in [2.24, 2.45) is 0 Å². The molecular weight excluding hydrogens is 597 g/mol. The average molecular weight is 622 g/mol. The molecule has 0 bridgehead atoms. The van der Waals surface area contributed by atoms with Crippen molar-refractivity contribution in [1.29, 1.82) is 0 Å². The van der Waals surface area contributed by atoms with Crippen molar-refractivity contribution in [3.8, 4) is 131 Å². The molecule has 1 amide bonds. The first kappa shape index (κ1) is 35.4. The van der Waals surface area contributed by atoms with Crippen LogP contribution in [0.15, 0.2) is 91.2 Å². The van der Waals surface area contributed by atoms with Gasteiger partial charge >= 0.3 is 0 Å². The van der Waals surface area contributed by atoms with Crippen LogP contribution in [0.3, 0.4) is 0 Å². The van der Waals surface area contributed by atoms with E-state index in [4.69, 9.17) is 6.42 Å². The second-order valence-corrected chi connectivity index (χ2v) is 9.80. The normalized spacial score (nSPS) is 10.7. The largest absolute Gasteiger partial charge is 0.288 e. The van der Waals surface area contributed by atoms with Crippen LogP contribution < -0.4 is 4.90 Å². The standard InChI is InChI=1S/C46H25N2O/c1-5-6-7-8-9-10-11-12-13-14-15-16-17-18-19-20-21-22-24-33-40-48-44-37-31-30-36-43(44)46(3,4)45(48)38-29-23-25-32-39-47(41(2)49)42-34-27-26-28-35-42/h1,23,25-32,34-39H,2-4H3/q+1. The summed E-state index contributed by atoms with van der Waals surface area (Å²) in [7, 11) is 0. The van der Waals surface area contributed by atoms with Crippen molar-refractivity contribution >= 4 is 23.0 Å². The van der Waals surface area contributed by atoms with E-state index in [2.05, 4.69) is 144 Å². The Hall–Kier alpha value is -8.04. The van der Waals surface area contributed by atoms with E-state index in [1.165, 1.54) is 6.92 Å². The molecule has 0 aromatic heterocycles. The molecule has 0 saturated heterocycles. The van der Waals surface area contributed by atoms with E-state index in [1.807, 2.05) is 83.5 Å². The fraction of sp³-hybridized carbons (Fsp3) is 0.0870. The third kappa shape index (κ3) is 11.8. The summed E-state index contributed by atoms with van der Waals surface area (Å²) < 4.78 is 1.95. The molecule has 49 heavy (non-hydrogen) atoms. The molecule has 0 N–H and O–H groups in total. The predicted molar refractivity (Wildman–Crippen MR) is 198 cm³/mol. The summed E-state index contributed by atoms with van der Waals surface area (Å²) >= 11 is 0. The van der Waals surface area contributed by atoms with Gasteiger partial charge < -0.3 is 0 Å². The number of rotatable bonds is 5. The molecule has 2 aromatic rings. The summed E-state index contributed by atoms with van der Waals surface area (Å²) in [6, 6.07) is 20.8. The maximum absolute atomic E-state index is 12.1. The molecule has 0 fully saturated rings. The number of anilines is 1. The van der Waals surface area contributed by atoms with Crippen LogP contribution in [0.5, 0.6) is 0 Å². The van der Waals surface area contributed by atoms with Gasteiger partial charge in [0, 0.05) is 102 Å². The second kappa shape index (κ2) is 20.1. The molecule has 1 heterocycles. The molecule has 3 nitrogen and oxygen atoms in total. The summed E-state index contributed by atoms with van der Waals surface area (Å²) in [6.45, 7) is 5.85. The van der Waals surface area contributed by atoms with Crippen molar-refractivity contribution < 1.29 is 9.37 Å². The first-order valence-corrected chi connectivity index (χ1v) is 14.6. The zero-order valence-electron chi connectivity index (χ0n) is 27.0. The van der Waals surface area contributed by atoms with Crippen molar-refractivity contribution in [2.45, 2.75) is 26.2 Å². The van der Waals surface area contributed by atoms with E-state index in [-0.39, 0.29) is 11.3 Å². The SMILES string of the molecule is C#CC#CC#CC#CC#CC#CC#CC#CC#CC#CC#C[N+]1=C(C=CC=CC=CN(C(C)=O)c2ccccc2)C(C)(C)c2ccccc21. The van der Waals surface area contributed by atoms with Crippen molar-refractivity contribution in [3.63, 3.8) is 0 Å². The molecule has 0 spiro atoms. The lowest BCUT2D eigenvalue weighted by molar-refractivity contribution is -0.332. The number of hydrogen-bond donors (Lipinski definition) is 0. The summed E-state index contributed by atoms with van der Waals surface area (Å²) in [4.78, 5) is 13.7. The number of para-hydroxylation sites is 2. The van der Waals surface area contributed by atoms with E-state index in [0.29, 0.717) is 0 Å². The zero-order valence-corrected chi connectivity index (χ0v) is 27.0. The summed E-state index contributed by atoms with van der Waals surface area (Å²) in [5.74, 6) is 50.8. The number of fused-ring (bicyclic) bond motifs is 1. The Morgan fingerprint density at radius 1 is 0.633 bits per heavy atom. The van der Waals surface area contributed by atoms with Gasteiger partial charge in [-0.3, -0.25) is 9.69 Å². The van der Waals surface area contributed by atoms with Crippen molar-refractivity contribution in [3.05, 3.63) is 96.7 Å². The van der Waals surface area contributed by atoms with Gasteiger partial charge in [-0.2, -0.15) is 0 Å². The molecule has 224 valence electrons. The van der Waals surface area contributed by atoms with Crippen LogP contribution in [0.2, 0.25) is 0 Å². The fourth-order valence-electron chi connectivity index (χ4n) is 4.17. The molecule has 1 aliphatic rings. The minimum Gasteiger partial charge on any atom is -0.288 e. The van der Waals surface area contributed by atoms with Gasteiger partial charge in [0.05, 0.1) is 11.3 Å². The van der Waals surface area contributed by atoms with Crippen LogP contribution in [0.1, 0.15) is 26.3 Å². The third-order valence-corrected chi connectivity index (χ3v) is 6.26. The maximum atomic E-state index is 12.1. The van der Waals surface area contributed by atoms with Gasteiger partial charge in [-0.05, 0) is 79.4 Å². The average Bonchev–Trinajstić information content (AvgIpc) is 3.32. The molecular formula is C46H25N2O+. The molecule has 3 rings (SSSR count). The van der Waals surface area contributed by atoms with E-state index < -0.39 is 0 Å². The summed E-state index contributed by atoms with van der Waals surface area (Å²) in [6.07, 6.45) is 16.3. The van der Waals surface area contributed by atoms with Crippen LogP contribution in [-0.2, 0) is 10.2 Å². The Kier molecular flexibility index (Phi) is 14.5. The van der Waals surface area contributed by atoms with E-state index in [9.17, 15) is 4.79 Å². The van der Waals surface area contributed by atoms with Crippen molar-refractivity contribution in [2.75, 3.05) is 4.90 Å². The number of amides is 1. The molecule has 3 heteroatoms.